The van der Waals surface area contributed by atoms with Gasteiger partial charge in [-0.3, -0.25) is 4.79 Å². The summed E-state index contributed by atoms with van der Waals surface area (Å²) in [7, 11) is 1.12. The van der Waals surface area contributed by atoms with E-state index in [1.807, 2.05) is 0 Å². The zero-order valence-electron chi connectivity index (χ0n) is 8.71. The van der Waals surface area contributed by atoms with Crippen molar-refractivity contribution in [1.29, 1.82) is 5.26 Å². The maximum absolute atomic E-state index is 12.8. The number of nitrogens with zero attached hydrogens (tertiary/aromatic N) is 2. The summed E-state index contributed by atoms with van der Waals surface area (Å²) in [6.45, 7) is 0. The van der Waals surface area contributed by atoms with E-state index >= 15 is 0 Å². The number of rotatable bonds is 3. The molecule has 0 aliphatic rings. The Hall–Kier alpha value is -1.74. The van der Waals surface area contributed by atoms with Crippen molar-refractivity contribution in [3.8, 4) is 6.07 Å². The number of hydrogen-bond donors (Lipinski definition) is 0. The van der Waals surface area contributed by atoms with E-state index in [1.54, 1.807) is 6.07 Å². The minimum Gasteiger partial charge on any atom is -0.469 e. The standard InChI is InChI=1S/C10H7ClF2N2O2/c1-17-7(16)2-6-8(10(12)13)5(3-14)4-15-9(6)11/h4,10H,2H2,1H3. The lowest BCUT2D eigenvalue weighted by atomic mass is 10.0. The zero-order chi connectivity index (χ0) is 13.0. The molecule has 7 heteroatoms. The number of alkyl halides is 2. The fourth-order valence-electron chi connectivity index (χ4n) is 1.27. The Labute approximate surface area is 101 Å². The lowest BCUT2D eigenvalue weighted by Crippen LogP contribution is -2.10. The summed E-state index contributed by atoms with van der Waals surface area (Å²) in [4.78, 5) is 14.7. The van der Waals surface area contributed by atoms with Gasteiger partial charge in [0.2, 0.25) is 0 Å². The highest BCUT2D eigenvalue weighted by Gasteiger charge is 2.23. The zero-order valence-corrected chi connectivity index (χ0v) is 9.46. The van der Waals surface area contributed by atoms with Crippen molar-refractivity contribution in [1.82, 2.24) is 4.98 Å². The predicted octanol–water partition coefficient (Wildman–Crippen LogP) is 2.26. The number of methoxy groups -OCH3 is 1. The van der Waals surface area contributed by atoms with Crippen LogP contribution in [-0.4, -0.2) is 18.1 Å². The topological polar surface area (TPSA) is 63.0 Å². The fourth-order valence-corrected chi connectivity index (χ4v) is 1.48. The average molecular weight is 261 g/mol. The summed E-state index contributed by atoms with van der Waals surface area (Å²) in [5.74, 6) is -0.731. The molecule has 0 atom stereocenters. The van der Waals surface area contributed by atoms with Crippen molar-refractivity contribution in [2.45, 2.75) is 12.8 Å². The van der Waals surface area contributed by atoms with Gasteiger partial charge in [-0.1, -0.05) is 11.6 Å². The molecule has 0 fully saturated rings. The van der Waals surface area contributed by atoms with Crippen LogP contribution in [0.25, 0.3) is 0 Å². The molecule has 1 aromatic heterocycles. The second kappa shape index (κ2) is 5.55. The predicted molar refractivity (Wildman–Crippen MR) is 54.6 cm³/mol. The molecular formula is C10H7ClF2N2O2. The largest absolute Gasteiger partial charge is 0.469 e. The molecule has 0 aliphatic carbocycles. The van der Waals surface area contributed by atoms with Gasteiger partial charge < -0.3 is 4.74 Å². The van der Waals surface area contributed by atoms with Crippen molar-refractivity contribution in [3.63, 3.8) is 0 Å². The Bertz CT molecular complexity index is 486. The molecule has 0 amide bonds. The molecule has 1 rings (SSSR count). The molecule has 0 unspecified atom stereocenters. The first-order valence-corrected chi connectivity index (χ1v) is 4.81. The minimum atomic E-state index is -2.91. The third-order valence-electron chi connectivity index (χ3n) is 2.06. The Morgan fingerprint density at radius 2 is 2.35 bits per heavy atom. The molecule has 0 aliphatic heterocycles. The normalized spacial score (nSPS) is 10.1. The van der Waals surface area contributed by atoms with Gasteiger partial charge in [0.1, 0.15) is 11.2 Å². The molecule has 0 N–H and O–H groups in total. The first-order chi connectivity index (χ1) is 8.01. The fraction of sp³-hybridized carbons (Fsp3) is 0.300. The van der Waals surface area contributed by atoms with Crippen LogP contribution in [0.3, 0.4) is 0 Å². The molecule has 4 nitrogen and oxygen atoms in total. The number of hydrogen-bond acceptors (Lipinski definition) is 4. The van der Waals surface area contributed by atoms with E-state index in [4.69, 9.17) is 16.9 Å². The molecule has 0 spiro atoms. The first-order valence-electron chi connectivity index (χ1n) is 4.43. The molecule has 1 aromatic rings. The van der Waals surface area contributed by atoms with Crippen LogP contribution in [-0.2, 0) is 16.0 Å². The van der Waals surface area contributed by atoms with Gasteiger partial charge in [0.15, 0.2) is 0 Å². The molecular weight excluding hydrogens is 254 g/mol. The van der Waals surface area contributed by atoms with Crippen molar-refractivity contribution in [2.75, 3.05) is 7.11 Å². The highest BCUT2D eigenvalue weighted by molar-refractivity contribution is 6.30. The molecule has 0 saturated heterocycles. The number of esters is 1. The summed E-state index contributed by atoms with van der Waals surface area (Å²) in [5, 5.41) is 8.46. The van der Waals surface area contributed by atoms with Gasteiger partial charge >= 0.3 is 5.97 Å². The van der Waals surface area contributed by atoms with Crippen LogP contribution >= 0.6 is 11.6 Å². The number of pyridine rings is 1. The second-order valence-electron chi connectivity index (χ2n) is 3.02. The summed E-state index contributed by atoms with van der Waals surface area (Å²) in [6.07, 6.45) is -2.41. The summed E-state index contributed by atoms with van der Waals surface area (Å²) in [6, 6.07) is 1.58. The maximum atomic E-state index is 12.8. The van der Waals surface area contributed by atoms with Crippen LogP contribution in [0.15, 0.2) is 6.20 Å². The Morgan fingerprint density at radius 1 is 1.71 bits per heavy atom. The molecule has 0 radical (unpaired) electrons. The SMILES string of the molecule is COC(=O)Cc1c(Cl)ncc(C#N)c1C(F)F. The van der Waals surface area contributed by atoms with E-state index in [2.05, 4.69) is 9.72 Å². The lowest BCUT2D eigenvalue weighted by molar-refractivity contribution is -0.139. The van der Waals surface area contributed by atoms with Crippen LogP contribution in [0.5, 0.6) is 0 Å². The molecule has 1 heterocycles. The molecule has 90 valence electrons. The van der Waals surface area contributed by atoms with Crippen LogP contribution in [0.4, 0.5) is 8.78 Å². The van der Waals surface area contributed by atoms with E-state index in [0.29, 0.717) is 0 Å². The van der Waals surface area contributed by atoms with Gasteiger partial charge in [-0.25, -0.2) is 13.8 Å². The highest BCUT2D eigenvalue weighted by Crippen LogP contribution is 2.30. The van der Waals surface area contributed by atoms with Gasteiger partial charge in [0.05, 0.1) is 19.1 Å². The average Bonchev–Trinajstić information content (AvgIpc) is 2.30. The Balaban J connectivity index is 3.35. The monoisotopic (exact) mass is 260 g/mol. The third kappa shape index (κ3) is 2.88. The van der Waals surface area contributed by atoms with E-state index < -0.39 is 24.4 Å². The number of carbonyl (C=O) groups is 1. The van der Waals surface area contributed by atoms with Crippen LogP contribution in [0, 0.1) is 11.3 Å². The third-order valence-corrected chi connectivity index (χ3v) is 2.38. The molecule has 0 aromatic carbocycles. The minimum absolute atomic E-state index is 0.174. The van der Waals surface area contributed by atoms with Gasteiger partial charge in [-0.15, -0.1) is 0 Å². The van der Waals surface area contributed by atoms with E-state index in [9.17, 15) is 13.6 Å². The van der Waals surface area contributed by atoms with Crippen molar-refractivity contribution < 1.29 is 18.3 Å². The van der Waals surface area contributed by atoms with Crippen molar-refractivity contribution in [3.05, 3.63) is 28.0 Å². The van der Waals surface area contributed by atoms with Gasteiger partial charge in [-0.05, 0) is 0 Å². The van der Waals surface area contributed by atoms with Crippen LogP contribution in [0.2, 0.25) is 5.15 Å². The first kappa shape index (κ1) is 13.3. The summed E-state index contributed by atoms with van der Waals surface area (Å²) in [5.41, 5.74) is -1.05. The van der Waals surface area contributed by atoms with Crippen molar-refractivity contribution >= 4 is 17.6 Å². The second-order valence-corrected chi connectivity index (χ2v) is 3.38. The lowest BCUT2D eigenvalue weighted by Gasteiger charge is -2.10. The summed E-state index contributed by atoms with van der Waals surface area (Å²) < 4.78 is 30.0. The maximum Gasteiger partial charge on any atom is 0.310 e. The van der Waals surface area contributed by atoms with E-state index in [0.717, 1.165) is 13.3 Å². The number of aromatic nitrogens is 1. The highest BCUT2D eigenvalue weighted by atomic mass is 35.5. The molecule has 0 bridgehead atoms. The number of ether oxygens (including phenoxy) is 1. The Morgan fingerprint density at radius 3 is 2.82 bits per heavy atom. The van der Waals surface area contributed by atoms with Gasteiger partial charge in [-0.2, -0.15) is 5.26 Å². The van der Waals surface area contributed by atoms with Crippen LogP contribution < -0.4 is 0 Å². The summed E-state index contributed by atoms with van der Waals surface area (Å²) >= 11 is 5.64. The van der Waals surface area contributed by atoms with Crippen LogP contribution in [0.1, 0.15) is 23.1 Å². The Kier molecular flexibility index (Phi) is 4.35. The quantitative estimate of drug-likeness (QED) is 0.618. The number of carbonyl (C=O) groups excluding carboxylic acids is 1. The smallest absolute Gasteiger partial charge is 0.310 e. The van der Waals surface area contributed by atoms with E-state index in [-0.39, 0.29) is 16.3 Å². The van der Waals surface area contributed by atoms with E-state index in [1.165, 1.54) is 0 Å². The van der Waals surface area contributed by atoms with Gasteiger partial charge in [0, 0.05) is 17.3 Å². The van der Waals surface area contributed by atoms with Gasteiger partial charge in [0.25, 0.3) is 6.43 Å². The molecule has 0 saturated carbocycles. The molecule has 17 heavy (non-hydrogen) atoms. The number of halogens is 3. The number of nitriles is 1. The van der Waals surface area contributed by atoms with Crippen molar-refractivity contribution in [2.24, 2.45) is 0 Å².